The number of hydrogen-bond acceptors (Lipinski definition) is 5. The van der Waals surface area contributed by atoms with Crippen molar-refractivity contribution in [2.45, 2.75) is 11.3 Å². The van der Waals surface area contributed by atoms with Gasteiger partial charge < -0.3 is 0 Å². The van der Waals surface area contributed by atoms with Gasteiger partial charge in [-0.2, -0.15) is 0 Å². The largest absolute Gasteiger partial charge is 0.278 e. The number of amides is 2. The lowest BCUT2D eigenvalue weighted by Gasteiger charge is -2.11. The summed E-state index contributed by atoms with van der Waals surface area (Å²) in [6, 6.07) is 21.0. The van der Waals surface area contributed by atoms with Crippen LogP contribution < -0.4 is 15.6 Å². The average molecular weight is 495 g/mol. The van der Waals surface area contributed by atoms with Crippen molar-refractivity contribution in [1.29, 1.82) is 0 Å². The zero-order valence-corrected chi connectivity index (χ0v) is 19.2. The first kappa shape index (κ1) is 23.2. The summed E-state index contributed by atoms with van der Waals surface area (Å²) >= 11 is 6.03. The highest BCUT2D eigenvalue weighted by atomic mass is 35.5. The molecular formula is C24H19ClN4O4S. The third-order valence-corrected chi connectivity index (χ3v) is 6.60. The molecule has 4 aromatic rings. The molecular weight excluding hydrogens is 476 g/mol. The number of rotatable bonds is 6. The molecule has 3 N–H and O–H groups in total. The number of hydrogen-bond donors (Lipinski definition) is 3. The summed E-state index contributed by atoms with van der Waals surface area (Å²) in [4.78, 5) is 29.1. The van der Waals surface area contributed by atoms with E-state index in [4.69, 9.17) is 11.6 Å². The van der Waals surface area contributed by atoms with Crippen LogP contribution in [0.25, 0.3) is 10.9 Å². The molecule has 172 valence electrons. The predicted octanol–water partition coefficient (Wildman–Crippen LogP) is 3.69. The number of carbonyl (C=O) groups is 2. The Kier molecular flexibility index (Phi) is 6.76. The van der Waals surface area contributed by atoms with Crippen molar-refractivity contribution in [1.82, 2.24) is 15.8 Å². The fourth-order valence-corrected chi connectivity index (χ4v) is 4.64. The van der Waals surface area contributed by atoms with E-state index in [0.29, 0.717) is 11.1 Å². The van der Waals surface area contributed by atoms with E-state index in [1.165, 1.54) is 30.3 Å². The smallest absolute Gasteiger partial charge is 0.269 e. The molecule has 2 amide bonds. The minimum atomic E-state index is -3.99. The summed E-state index contributed by atoms with van der Waals surface area (Å²) in [5.74, 6) is -1.12. The van der Waals surface area contributed by atoms with Crippen molar-refractivity contribution in [3.05, 3.63) is 101 Å². The number of nitrogens with zero attached hydrogens (tertiary/aromatic N) is 1. The van der Waals surface area contributed by atoms with Crippen LogP contribution in [0.2, 0.25) is 5.02 Å². The highest BCUT2D eigenvalue weighted by Crippen LogP contribution is 2.24. The molecule has 0 saturated heterocycles. The van der Waals surface area contributed by atoms with Crippen molar-refractivity contribution >= 4 is 50.0 Å². The van der Waals surface area contributed by atoms with E-state index in [0.717, 1.165) is 5.39 Å². The number of halogens is 1. The van der Waals surface area contributed by atoms with Gasteiger partial charge in [-0.3, -0.25) is 30.1 Å². The molecule has 0 aliphatic carbocycles. The number of fused-ring (bicyclic) bond motifs is 1. The fourth-order valence-electron chi connectivity index (χ4n) is 3.28. The number of sulfonamides is 1. The van der Waals surface area contributed by atoms with Gasteiger partial charge in [0.15, 0.2) is 0 Å². The Labute approximate surface area is 201 Å². The van der Waals surface area contributed by atoms with E-state index in [1.807, 2.05) is 24.3 Å². The van der Waals surface area contributed by atoms with Crippen LogP contribution in [-0.4, -0.2) is 25.2 Å². The van der Waals surface area contributed by atoms with Gasteiger partial charge in [0.1, 0.15) is 0 Å². The summed E-state index contributed by atoms with van der Waals surface area (Å²) in [6.45, 7) is 0. The van der Waals surface area contributed by atoms with Gasteiger partial charge in [0.2, 0.25) is 5.91 Å². The van der Waals surface area contributed by atoms with Gasteiger partial charge in [-0.05, 0) is 42.0 Å². The van der Waals surface area contributed by atoms with Crippen LogP contribution in [0.4, 0.5) is 5.69 Å². The first-order valence-electron chi connectivity index (χ1n) is 10.1. The molecule has 0 bridgehead atoms. The lowest BCUT2D eigenvalue weighted by atomic mass is 10.1. The third kappa shape index (κ3) is 5.33. The van der Waals surface area contributed by atoms with E-state index < -0.39 is 21.8 Å². The molecule has 3 aromatic carbocycles. The Morgan fingerprint density at radius 1 is 0.882 bits per heavy atom. The quantitative estimate of drug-likeness (QED) is 0.353. The van der Waals surface area contributed by atoms with Gasteiger partial charge in [0.05, 0.1) is 27.5 Å². The summed E-state index contributed by atoms with van der Waals surface area (Å²) in [5, 5.41) is 1.14. The van der Waals surface area contributed by atoms with E-state index in [1.54, 1.807) is 30.5 Å². The molecule has 1 aromatic heterocycles. The molecule has 0 atom stereocenters. The number of hydrazine groups is 1. The van der Waals surface area contributed by atoms with Crippen LogP contribution in [0.3, 0.4) is 0 Å². The van der Waals surface area contributed by atoms with Gasteiger partial charge in [0.25, 0.3) is 15.9 Å². The van der Waals surface area contributed by atoms with E-state index in [-0.39, 0.29) is 27.6 Å². The Morgan fingerprint density at radius 2 is 1.65 bits per heavy atom. The standard InChI is InChI=1S/C24H19ClN4O4S/c25-20-11-1-2-12-21(20)29-34(32,33)19-10-4-8-18(14-19)24(31)28-27-22(30)15-17-7-3-6-16-9-5-13-26-23(16)17/h1-14,29H,15H2,(H,27,30)(H,28,31). The number of para-hydroxylation sites is 2. The average Bonchev–Trinajstić information content (AvgIpc) is 2.84. The van der Waals surface area contributed by atoms with Gasteiger partial charge in [-0.15, -0.1) is 0 Å². The molecule has 0 spiro atoms. The Bertz CT molecular complexity index is 1490. The number of nitrogens with one attached hydrogen (secondary N) is 3. The van der Waals surface area contributed by atoms with E-state index in [9.17, 15) is 18.0 Å². The zero-order valence-electron chi connectivity index (χ0n) is 17.7. The minimum Gasteiger partial charge on any atom is -0.278 e. The molecule has 8 nitrogen and oxygen atoms in total. The predicted molar refractivity (Wildman–Crippen MR) is 130 cm³/mol. The first-order chi connectivity index (χ1) is 16.3. The molecule has 34 heavy (non-hydrogen) atoms. The summed E-state index contributed by atoms with van der Waals surface area (Å²) in [5.41, 5.74) is 6.34. The summed E-state index contributed by atoms with van der Waals surface area (Å²) < 4.78 is 27.8. The van der Waals surface area contributed by atoms with Crippen LogP contribution in [-0.2, 0) is 21.2 Å². The lowest BCUT2D eigenvalue weighted by molar-refractivity contribution is -0.121. The molecule has 4 rings (SSSR count). The van der Waals surface area contributed by atoms with Crippen molar-refractivity contribution in [2.24, 2.45) is 0 Å². The Hall–Kier alpha value is -3.95. The molecule has 0 aliphatic rings. The van der Waals surface area contributed by atoms with Gasteiger partial charge in [0, 0.05) is 17.1 Å². The molecule has 10 heteroatoms. The Morgan fingerprint density at radius 3 is 2.47 bits per heavy atom. The maximum absolute atomic E-state index is 12.7. The third-order valence-electron chi connectivity index (χ3n) is 4.91. The monoisotopic (exact) mass is 494 g/mol. The van der Waals surface area contributed by atoms with Crippen LogP contribution in [0.1, 0.15) is 15.9 Å². The normalized spacial score (nSPS) is 11.1. The molecule has 0 unspecified atom stereocenters. The Balaban J connectivity index is 1.42. The molecule has 0 saturated carbocycles. The number of pyridine rings is 1. The SMILES string of the molecule is O=C(Cc1cccc2cccnc12)NNC(=O)c1cccc(S(=O)(=O)Nc2ccccc2Cl)c1. The number of benzene rings is 3. The number of carbonyl (C=O) groups excluding carboxylic acids is 2. The van der Waals surface area contributed by atoms with Gasteiger partial charge in [-0.1, -0.05) is 54.1 Å². The molecule has 1 heterocycles. The second-order valence-electron chi connectivity index (χ2n) is 7.28. The van der Waals surface area contributed by atoms with Crippen molar-refractivity contribution < 1.29 is 18.0 Å². The maximum Gasteiger partial charge on any atom is 0.269 e. The van der Waals surface area contributed by atoms with Gasteiger partial charge in [-0.25, -0.2) is 8.42 Å². The summed E-state index contributed by atoms with van der Waals surface area (Å²) in [6.07, 6.45) is 1.65. The first-order valence-corrected chi connectivity index (χ1v) is 12.0. The van der Waals surface area contributed by atoms with Crippen molar-refractivity contribution in [3.63, 3.8) is 0 Å². The van der Waals surface area contributed by atoms with Crippen LogP contribution in [0.15, 0.2) is 90.0 Å². The maximum atomic E-state index is 12.7. The van der Waals surface area contributed by atoms with Gasteiger partial charge >= 0.3 is 0 Å². The van der Waals surface area contributed by atoms with E-state index >= 15 is 0 Å². The van der Waals surface area contributed by atoms with E-state index in [2.05, 4.69) is 20.6 Å². The highest BCUT2D eigenvalue weighted by Gasteiger charge is 2.18. The van der Waals surface area contributed by atoms with Crippen LogP contribution >= 0.6 is 11.6 Å². The second kappa shape index (κ2) is 9.90. The highest BCUT2D eigenvalue weighted by molar-refractivity contribution is 7.92. The van der Waals surface area contributed by atoms with Crippen LogP contribution in [0.5, 0.6) is 0 Å². The topological polar surface area (TPSA) is 117 Å². The van der Waals surface area contributed by atoms with Crippen LogP contribution in [0, 0.1) is 0 Å². The minimum absolute atomic E-state index is 0.00477. The van der Waals surface area contributed by atoms with Crippen molar-refractivity contribution in [2.75, 3.05) is 4.72 Å². The summed E-state index contributed by atoms with van der Waals surface area (Å²) in [7, 11) is -3.99. The molecule has 0 fully saturated rings. The van der Waals surface area contributed by atoms with Crippen molar-refractivity contribution in [3.8, 4) is 0 Å². The zero-order chi connectivity index (χ0) is 24.1. The lowest BCUT2D eigenvalue weighted by Crippen LogP contribution is -2.42. The fraction of sp³-hybridized carbons (Fsp3) is 0.0417. The number of aromatic nitrogens is 1. The second-order valence-corrected chi connectivity index (χ2v) is 9.37. The molecule has 0 radical (unpaired) electrons. The number of anilines is 1. The molecule has 0 aliphatic heterocycles.